The number of carbonyl (C=O) groups excluding carboxylic acids is 2. The second-order valence-electron chi connectivity index (χ2n) is 8.50. The predicted molar refractivity (Wildman–Crippen MR) is 115 cm³/mol. The Morgan fingerprint density at radius 2 is 1.90 bits per heavy atom. The minimum Gasteiger partial charge on any atom is -0.444 e. The van der Waals surface area contributed by atoms with E-state index in [1.807, 2.05) is 43.7 Å². The van der Waals surface area contributed by atoms with Gasteiger partial charge in [-0.05, 0) is 58.1 Å². The molecule has 1 fully saturated rings. The van der Waals surface area contributed by atoms with Crippen LogP contribution in [0, 0.1) is 6.92 Å². The van der Waals surface area contributed by atoms with Gasteiger partial charge in [-0.1, -0.05) is 24.3 Å². The van der Waals surface area contributed by atoms with Crippen LogP contribution in [0.2, 0.25) is 0 Å². The summed E-state index contributed by atoms with van der Waals surface area (Å²) in [6.07, 6.45) is 2.55. The Labute approximate surface area is 176 Å². The number of ether oxygens (including phenoxy) is 1. The monoisotopic (exact) mass is 415 g/mol. The van der Waals surface area contributed by atoms with E-state index in [2.05, 4.69) is 10.3 Å². The third kappa shape index (κ3) is 5.15. The lowest BCUT2D eigenvalue weighted by atomic mass is 9.91. The van der Waals surface area contributed by atoms with Crippen molar-refractivity contribution in [1.82, 2.24) is 15.2 Å². The Morgan fingerprint density at radius 3 is 2.38 bits per heavy atom. The van der Waals surface area contributed by atoms with Crippen LogP contribution >= 0.6 is 11.3 Å². The van der Waals surface area contributed by atoms with Crippen LogP contribution in [0.5, 0.6) is 0 Å². The third-order valence-electron chi connectivity index (χ3n) is 5.13. The molecule has 29 heavy (non-hydrogen) atoms. The van der Waals surface area contributed by atoms with Gasteiger partial charge in [-0.15, -0.1) is 11.3 Å². The first kappa shape index (κ1) is 21.3. The molecule has 1 aliphatic carbocycles. The van der Waals surface area contributed by atoms with Gasteiger partial charge in [0.15, 0.2) is 0 Å². The molecule has 1 heterocycles. The number of hydrogen-bond acceptors (Lipinski definition) is 5. The number of benzene rings is 1. The standard InChI is InChI=1S/C22H29N3O3S/c1-14-19(29-13-23-14)16-11-9-15(10-12-16)18(24-21(27)28-22(2,3)4)20(26)25(5)17-7-6-8-17/h9-13,17-18H,6-8H2,1-5H3,(H,24,27). The largest absolute Gasteiger partial charge is 0.444 e. The van der Waals surface area contributed by atoms with Crippen LogP contribution in [0.1, 0.15) is 57.3 Å². The number of carbonyl (C=O) groups is 2. The summed E-state index contributed by atoms with van der Waals surface area (Å²) in [4.78, 5) is 32.8. The van der Waals surface area contributed by atoms with Gasteiger partial charge in [-0.2, -0.15) is 0 Å². The smallest absolute Gasteiger partial charge is 0.408 e. The Kier molecular flexibility index (Phi) is 6.27. The van der Waals surface area contributed by atoms with E-state index in [-0.39, 0.29) is 11.9 Å². The fourth-order valence-corrected chi connectivity index (χ4v) is 4.09. The number of nitrogens with one attached hydrogen (secondary N) is 1. The average molecular weight is 416 g/mol. The molecule has 1 N–H and O–H groups in total. The van der Waals surface area contributed by atoms with Crippen LogP contribution in [0.15, 0.2) is 29.8 Å². The molecule has 1 aliphatic rings. The maximum atomic E-state index is 13.2. The summed E-state index contributed by atoms with van der Waals surface area (Å²) in [5.41, 5.74) is 3.95. The number of rotatable bonds is 5. The van der Waals surface area contributed by atoms with Gasteiger partial charge in [0, 0.05) is 13.1 Å². The van der Waals surface area contributed by atoms with Crippen LogP contribution < -0.4 is 5.32 Å². The maximum Gasteiger partial charge on any atom is 0.408 e. The number of aryl methyl sites for hydroxylation is 1. The summed E-state index contributed by atoms with van der Waals surface area (Å²) in [5.74, 6) is -0.123. The highest BCUT2D eigenvalue weighted by molar-refractivity contribution is 7.13. The first-order valence-electron chi connectivity index (χ1n) is 9.92. The van der Waals surface area contributed by atoms with Crippen molar-refractivity contribution in [2.45, 2.75) is 64.6 Å². The number of alkyl carbamates (subject to hydrolysis) is 1. The second-order valence-corrected chi connectivity index (χ2v) is 9.36. The van der Waals surface area contributed by atoms with Gasteiger partial charge in [-0.25, -0.2) is 9.78 Å². The highest BCUT2D eigenvalue weighted by Crippen LogP contribution is 2.30. The number of hydrogen-bond donors (Lipinski definition) is 1. The van der Waals surface area contributed by atoms with Crippen LogP contribution in [-0.2, 0) is 9.53 Å². The molecule has 1 atom stereocenters. The van der Waals surface area contributed by atoms with E-state index in [1.165, 1.54) is 0 Å². The molecule has 0 aliphatic heterocycles. The quantitative estimate of drug-likeness (QED) is 0.769. The van der Waals surface area contributed by atoms with Crippen molar-refractivity contribution in [1.29, 1.82) is 0 Å². The zero-order chi connectivity index (χ0) is 21.2. The van der Waals surface area contributed by atoms with E-state index < -0.39 is 17.7 Å². The molecule has 0 saturated heterocycles. The fourth-order valence-electron chi connectivity index (χ4n) is 3.28. The van der Waals surface area contributed by atoms with Crippen LogP contribution in [0.25, 0.3) is 10.4 Å². The van der Waals surface area contributed by atoms with Gasteiger partial charge in [0.25, 0.3) is 0 Å². The fraction of sp³-hybridized carbons (Fsp3) is 0.500. The molecule has 1 aromatic carbocycles. The molecular formula is C22H29N3O3S. The summed E-state index contributed by atoms with van der Waals surface area (Å²) in [6.45, 7) is 7.38. The van der Waals surface area contributed by atoms with Crippen molar-refractivity contribution in [2.24, 2.45) is 0 Å². The first-order valence-corrected chi connectivity index (χ1v) is 10.8. The van der Waals surface area contributed by atoms with Crippen LogP contribution in [-0.4, -0.2) is 40.6 Å². The molecule has 3 rings (SSSR count). The van der Waals surface area contributed by atoms with Gasteiger partial charge >= 0.3 is 6.09 Å². The Hall–Kier alpha value is -2.41. The lowest BCUT2D eigenvalue weighted by molar-refractivity contribution is -0.136. The highest BCUT2D eigenvalue weighted by Gasteiger charge is 2.33. The van der Waals surface area contributed by atoms with Crippen molar-refractivity contribution in [3.05, 3.63) is 41.0 Å². The zero-order valence-corrected chi connectivity index (χ0v) is 18.5. The second kappa shape index (κ2) is 8.53. The van der Waals surface area contributed by atoms with E-state index >= 15 is 0 Å². The summed E-state index contributed by atoms with van der Waals surface area (Å²) < 4.78 is 5.39. The minimum atomic E-state index is -0.785. The van der Waals surface area contributed by atoms with Crippen molar-refractivity contribution in [3.63, 3.8) is 0 Å². The maximum absolute atomic E-state index is 13.2. The summed E-state index contributed by atoms with van der Waals surface area (Å²) in [7, 11) is 1.81. The molecule has 156 valence electrons. The number of amides is 2. The van der Waals surface area contributed by atoms with Crippen molar-refractivity contribution < 1.29 is 14.3 Å². The molecule has 6 nitrogen and oxygen atoms in total. The van der Waals surface area contributed by atoms with Crippen molar-refractivity contribution in [3.8, 4) is 10.4 Å². The number of thiazole rings is 1. The van der Waals surface area contributed by atoms with E-state index in [1.54, 1.807) is 37.0 Å². The topological polar surface area (TPSA) is 71.5 Å². The van der Waals surface area contributed by atoms with E-state index in [0.29, 0.717) is 0 Å². The summed E-state index contributed by atoms with van der Waals surface area (Å²) in [6, 6.07) is 7.18. The Balaban J connectivity index is 1.84. The van der Waals surface area contributed by atoms with Gasteiger partial charge in [0.1, 0.15) is 11.6 Å². The average Bonchev–Trinajstić information content (AvgIpc) is 3.02. The molecule has 0 radical (unpaired) electrons. The molecule has 1 aromatic heterocycles. The molecule has 1 unspecified atom stereocenters. The highest BCUT2D eigenvalue weighted by atomic mass is 32.1. The van der Waals surface area contributed by atoms with E-state index in [4.69, 9.17) is 4.74 Å². The lowest BCUT2D eigenvalue weighted by Gasteiger charge is -2.37. The minimum absolute atomic E-state index is 0.123. The van der Waals surface area contributed by atoms with E-state index in [9.17, 15) is 9.59 Å². The van der Waals surface area contributed by atoms with Crippen molar-refractivity contribution >= 4 is 23.3 Å². The molecular weight excluding hydrogens is 386 g/mol. The number of likely N-dealkylation sites (N-methyl/N-ethyl adjacent to an activating group) is 1. The third-order valence-corrected chi connectivity index (χ3v) is 6.11. The van der Waals surface area contributed by atoms with Gasteiger partial charge in [0.2, 0.25) is 5.91 Å². The van der Waals surface area contributed by atoms with Gasteiger partial charge < -0.3 is 15.0 Å². The first-order chi connectivity index (χ1) is 13.7. The van der Waals surface area contributed by atoms with Gasteiger partial charge in [-0.3, -0.25) is 4.79 Å². The lowest BCUT2D eigenvalue weighted by Crippen LogP contribution is -2.48. The molecule has 2 amide bonds. The molecule has 0 bridgehead atoms. The molecule has 2 aromatic rings. The molecule has 7 heteroatoms. The van der Waals surface area contributed by atoms with E-state index in [0.717, 1.165) is 41.0 Å². The summed E-state index contributed by atoms with van der Waals surface area (Å²) in [5, 5.41) is 2.78. The Bertz CT molecular complexity index is 866. The SMILES string of the molecule is Cc1ncsc1-c1ccc(C(NC(=O)OC(C)(C)C)C(=O)N(C)C2CCC2)cc1. The normalized spacial score (nSPS) is 15.3. The number of nitrogens with zero attached hydrogens (tertiary/aromatic N) is 2. The van der Waals surface area contributed by atoms with Gasteiger partial charge in [0.05, 0.1) is 16.1 Å². The van der Waals surface area contributed by atoms with Crippen LogP contribution in [0.3, 0.4) is 0 Å². The molecule has 0 spiro atoms. The van der Waals surface area contributed by atoms with Crippen molar-refractivity contribution in [2.75, 3.05) is 7.05 Å². The van der Waals surface area contributed by atoms with Crippen LogP contribution in [0.4, 0.5) is 4.79 Å². The molecule has 1 saturated carbocycles. The predicted octanol–water partition coefficient (Wildman–Crippen LogP) is 4.70. The zero-order valence-electron chi connectivity index (χ0n) is 17.7. The summed E-state index contributed by atoms with van der Waals surface area (Å²) >= 11 is 1.58. The Morgan fingerprint density at radius 1 is 1.24 bits per heavy atom. The number of aromatic nitrogens is 1.